The van der Waals surface area contributed by atoms with Gasteiger partial charge in [-0.2, -0.15) is 13.2 Å². The molecule has 0 saturated carbocycles. The van der Waals surface area contributed by atoms with Crippen LogP contribution in [0, 0.1) is 6.92 Å². The first kappa shape index (κ1) is 21.8. The van der Waals surface area contributed by atoms with Gasteiger partial charge in [0, 0.05) is 6.07 Å². The molecule has 0 unspecified atom stereocenters. The van der Waals surface area contributed by atoms with E-state index in [0.29, 0.717) is 5.76 Å². The quantitative estimate of drug-likeness (QED) is 0.721. The van der Waals surface area contributed by atoms with Crippen LogP contribution in [0.15, 0.2) is 40.9 Å². The Morgan fingerprint density at radius 2 is 1.89 bits per heavy atom. The van der Waals surface area contributed by atoms with Crippen molar-refractivity contribution < 1.29 is 27.3 Å². The normalized spacial score (nSPS) is 14.8. The fourth-order valence-electron chi connectivity index (χ4n) is 2.32. The van der Waals surface area contributed by atoms with Gasteiger partial charge in [0.25, 0.3) is 0 Å². The monoisotopic (exact) mass is 415 g/mol. The average Bonchev–Trinajstić information content (AvgIpc) is 3.04. The molecular formula is C18H20F3N3O3S. The average molecular weight is 415 g/mol. The minimum Gasteiger partial charge on any atom is -0.360 e. The minimum absolute atomic E-state index is 0.0759. The molecule has 2 atom stereocenters. The Kier molecular flexibility index (Phi) is 6.76. The van der Waals surface area contributed by atoms with E-state index in [1.807, 2.05) is 0 Å². The third-order valence-corrected chi connectivity index (χ3v) is 5.16. The molecule has 2 amide bonds. The summed E-state index contributed by atoms with van der Waals surface area (Å²) < 4.78 is 45.7. The summed E-state index contributed by atoms with van der Waals surface area (Å²) in [4.78, 5) is 24.3. The highest BCUT2D eigenvalue weighted by atomic mass is 32.2. The van der Waals surface area contributed by atoms with Crippen LogP contribution >= 0.6 is 11.8 Å². The van der Waals surface area contributed by atoms with Crippen molar-refractivity contribution in [3.05, 3.63) is 47.7 Å². The van der Waals surface area contributed by atoms with Gasteiger partial charge in [-0.3, -0.25) is 9.59 Å². The van der Waals surface area contributed by atoms with E-state index >= 15 is 0 Å². The van der Waals surface area contributed by atoms with Crippen molar-refractivity contribution in [1.29, 1.82) is 0 Å². The molecule has 0 fully saturated rings. The number of rotatable bonds is 7. The molecule has 152 valence electrons. The smallest absolute Gasteiger partial charge is 0.360 e. The second-order valence-electron chi connectivity index (χ2n) is 6.30. The number of hydrogen-bond acceptors (Lipinski definition) is 5. The Morgan fingerprint density at radius 3 is 2.43 bits per heavy atom. The van der Waals surface area contributed by atoms with Gasteiger partial charge < -0.3 is 15.2 Å². The molecule has 0 aliphatic heterocycles. The fraction of sp³-hybridized carbons (Fsp3) is 0.389. The topological polar surface area (TPSA) is 84.2 Å². The minimum atomic E-state index is -4.69. The summed E-state index contributed by atoms with van der Waals surface area (Å²) in [7, 11) is 0. The van der Waals surface area contributed by atoms with Gasteiger partial charge >= 0.3 is 6.18 Å². The lowest BCUT2D eigenvalue weighted by Gasteiger charge is -2.33. The van der Waals surface area contributed by atoms with Crippen molar-refractivity contribution in [3.63, 3.8) is 0 Å². The van der Waals surface area contributed by atoms with Crippen molar-refractivity contribution in [2.45, 2.75) is 37.7 Å². The number of benzene rings is 1. The summed E-state index contributed by atoms with van der Waals surface area (Å²) in [6.45, 7) is 4.11. The molecule has 10 heteroatoms. The summed E-state index contributed by atoms with van der Waals surface area (Å²) in [5.41, 5.74) is -2.61. The maximum atomic E-state index is 13.6. The summed E-state index contributed by atoms with van der Waals surface area (Å²) in [6, 6.07) is 8.66. The number of aromatic nitrogens is 1. The van der Waals surface area contributed by atoms with Gasteiger partial charge in [0.1, 0.15) is 5.76 Å². The van der Waals surface area contributed by atoms with Crippen LogP contribution in [-0.4, -0.2) is 34.2 Å². The van der Waals surface area contributed by atoms with Gasteiger partial charge in [0.2, 0.25) is 11.8 Å². The lowest BCUT2D eigenvalue weighted by atomic mass is 9.91. The summed E-state index contributed by atoms with van der Waals surface area (Å²) in [6.07, 6.45) is -4.69. The Bertz CT molecular complexity index is 826. The number of aryl methyl sites for hydroxylation is 1. The van der Waals surface area contributed by atoms with Crippen molar-refractivity contribution in [1.82, 2.24) is 10.5 Å². The van der Waals surface area contributed by atoms with Crippen LogP contribution in [-0.2, 0) is 15.1 Å². The van der Waals surface area contributed by atoms with Gasteiger partial charge in [-0.25, -0.2) is 0 Å². The number of nitrogens with one attached hydrogen (secondary N) is 2. The number of thioether (sulfide) groups is 1. The second-order valence-corrected chi connectivity index (χ2v) is 7.63. The maximum Gasteiger partial charge on any atom is 0.415 e. The molecule has 2 N–H and O–H groups in total. The lowest BCUT2D eigenvalue weighted by Crippen LogP contribution is -2.54. The first-order chi connectivity index (χ1) is 13.0. The van der Waals surface area contributed by atoms with E-state index in [4.69, 9.17) is 4.52 Å². The molecule has 0 aliphatic carbocycles. The number of carbonyl (C=O) groups excluding carboxylic acids is 2. The van der Waals surface area contributed by atoms with Crippen LogP contribution in [0.2, 0.25) is 0 Å². The van der Waals surface area contributed by atoms with Gasteiger partial charge in [0.05, 0.1) is 11.0 Å². The highest BCUT2D eigenvalue weighted by molar-refractivity contribution is 8.01. The Labute approximate surface area is 164 Å². The standard InChI is InChI=1S/C18H20F3N3O3S/c1-11-9-14(24-27-11)22-16(26)12(2)28-10-15(25)23-17(3,18(19,20)21)13-7-5-4-6-8-13/h4-9,12H,10H2,1-3H3,(H,23,25)(H,22,24,26)/t12-,17-/m0/s1. The Morgan fingerprint density at radius 1 is 1.25 bits per heavy atom. The van der Waals surface area contributed by atoms with E-state index in [2.05, 4.69) is 15.8 Å². The van der Waals surface area contributed by atoms with Crippen molar-refractivity contribution in [3.8, 4) is 0 Å². The summed E-state index contributed by atoms with van der Waals surface area (Å²) in [5, 5.41) is 7.50. The van der Waals surface area contributed by atoms with Crippen molar-refractivity contribution in [2.75, 3.05) is 11.1 Å². The van der Waals surface area contributed by atoms with E-state index in [1.54, 1.807) is 19.9 Å². The zero-order valence-corrected chi connectivity index (χ0v) is 16.3. The summed E-state index contributed by atoms with van der Waals surface area (Å²) in [5.74, 6) is -0.834. The molecule has 6 nitrogen and oxygen atoms in total. The molecule has 28 heavy (non-hydrogen) atoms. The molecule has 0 saturated heterocycles. The number of halogens is 3. The molecule has 0 spiro atoms. The highest BCUT2D eigenvalue weighted by Crippen LogP contribution is 2.38. The molecular weight excluding hydrogens is 395 g/mol. The third kappa shape index (κ3) is 5.28. The van der Waals surface area contributed by atoms with Crippen LogP contribution in [0.4, 0.5) is 19.0 Å². The third-order valence-electron chi connectivity index (χ3n) is 4.02. The predicted octanol–water partition coefficient (Wildman–Crippen LogP) is 3.64. The summed E-state index contributed by atoms with van der Waals surface area (Å²) >= 11 is 0.915. The second kappa shape index (κ2) is 8.68. The van der Waals surface area contributed by atoms with Crippen molar-refractivity contribution >= 4 is 29.4 Å². The highest BCUT2D eigenvalue weighted by Gasteiger charge is 2.53. The Hall–Kier alpha value is -2.49. The first-order valence-electron chi connectivity index (χ1n) is 8.32. The van der Waals surface area contributed by atoms with Crippen LogP contribution < -0.4 is 10.6 Å². The zero-order chi connectivity index (χ0) is 20.9. The number of alkyl halides is 3. The van der Waals surface area contributed by atoms with E-state index < -0.39 is 28.8 Å². The molecule has 0 bridgehead atoms. The molecule has 2 rings (SSSR count). The van der Waals surface area contributed by atoms with Gasteiger partial charge in [-0.1, -0.05) is 35.5 Å². The largest absolute Gasteiger partial charge is 0.415 e. The van der Waals surface area contributed by atoms with Crippen molar-refractivity contribution in [2.24, 2.45) is 0 Å². The first-order valence-corrected chi connectivity index (χ1v) is 9.37. The molecule has 0 aliphatic rings. The maximum absolute atomic E-state index is 13.6. The van der Waals surface area contributed by atoms with E-state index in [0.717, 1.165) is 18.7 Å². The number of anilines is 1. The van der Waals surface area contributed by atoms with E-state index in [9.17, 15) is 22.8 Å². The van der Waals surface area contributed by atoms with Crippen LogP contribution in [0.5, 0.6) is 0 Å². The molecule has 1 heterocycles. The zero-order valence-electron chi connectivity index (χ0n) is 15.5. The van der Waals surface area contributed by atoms with Crippen LogP contribution in [0.25, 0.3) is 0 Å². The van der Waals surface area contributed by atoms with Gasteiger partial charge in [-0.15, -0.1) is 11.8 Å². The van der Waals surface area contributed by atoms with Gasteiger partial charge in [-0.05, 0) is 26.3 Å². The SMILES string of the molecule is Cc1cc(NC(=O)[C@H](C)SCC(=O)N[C@@](C)(c2ccccc2)C(F)(F)F)no1. The van der Waals surface area contributed by atoms with E-state index in [-0.39, 0.29) is 17.1 Å². The number of amides is 2. The number of hydrogen-bond donors (Lipinski definition) is 2. The molecule has 1 aromatic carbocycles. The van der Waals surface area contributed by atoms with Gasteiger partial charge in [0.15, 0.2) is 11.4 Å². The molecule has 0 radical (unpaired) electrons. The van der Waals surface area contributed by atoms with Crippen LogP contribution in [0.3, 0.4) is 0 Å². The van der Waals surface area contributed by atoms with E-state index in [1.165, 1.54) is 30.3 Å². The predicted molar refractivity (Wildman–Crippen MR) is 99.8 cm³/mol. The lowest BCUT2D eigenvalue weighted by molar-refractivity contribution is -0.196. The fourth-order valence-corrected chi connectivity index (χ4v) is 3.01. The molecule has 2 aromatic rings. The number of nitrogens with zero attached hydrogens (tertiary/aromatic N) is 1. The van der Waals surface area contributed by atoms with Crippen LogP contribution in [0.1, 0.15) is 25.2 Å². The number of carbonyl (C=O) groups is 2. The Balaban J connectivity index is 1.96. The molecule has 1 aromatic heterocycles.